The first-order chi connectivity index (χ1) is 10.6. The molecule has 1 N–H and O–H groups in total. The highest BCUT2D eigenvalue weighted by Crippen LogP contribution is 2.15. The standard InChI is InChI=1S/C14H8N4O4/c19-13(11-2-1-5-22-11)9-6-12-15-7-8-10(18(12)16-9)3-4-17(21)14(8)20/h1-7,21H. The third-order valence-electron chi connectivity index (χ3n) is 3.31. The molecule has 108 valence electrons. The summed E-state index contributed by atoms with van der Waals surface area (Å²) >= 11 is 0. The number of fused-ring (bicyclic) bond motifs is 3. The van der Waals surface area contributed by atoms with Crippen molar-refractivity contribution >= 4 is 22.3 Å². The predicted molar refractivity (Wildman–Crippen MR) is 74.1 cm³/mol. The van der Waals surface area contributed by atoms with E-state index >= 15 is 0 Å². The summed E-state index contributed by atoms with van der Waals surface area (Å²) in [6, 6.07) is 6.18. The Bertz CT molecular complexity index is 1080. The maximum atomic E-state index is 12.2. The van der Waals surface area contributed by atoms with Gasteiger partial charge in [-0.2, -0.15) is 9.83 Å². The Hall–Kier alpha value is -3.42. The van der Waals surface area contributed by atoms with Gasteiger partial charge >= 0.3 is 0 Å². The average Bonchev–Trinajstić information content (AvgIpc) is 3.18. The summed E-state index contributed by atoms with van der Waals surface area (Å²) in [5, 5.41) is 13.8. The van der Waals surface area contributed by atoms with Crippen molar-refractivity contribution in [2.24, 2.45) is 0 Å². The summed E-state index contributed by atoms with van der Waals surface area (Å²) in [6.45, 7) is 0. The molecular formula is C14H8N4O4. The summed E-state index contributed by atoms with van der Waals surface area (Å²) in [4.78, 5) is 28.2. The minimum atomic E-state index is -0.610. The van der Waals surface area contributed by atoms with E-state index in [4.69, 9.17) is 4.42 Å². The van der Waals surface area contributed by atoms with E-state index < -0.39 is 5.56 Å². The quantitative estimate of drug-likeness (QED) is 0.439. The first-order valence-corrected chi connectivity index (χ1v) is 6.33. The lowest BCUT2D eigenvalue weighted by atomic mass is 10.2. The Morgan fingerprint density at radius 1 is 1.32 bits per heavy atom. The van der Waals surface area contributed by atoms with Gasteiger partial charge in [0.25, 0.3) is 5.56 Å². The summed E-state index contributed by atoms with van der Waals surface area (Å²) in [5.74, 6) is -0.204. The van der Waals surface area contributed by atoms with E-state index in [0.717, 1.165) is 0 Å². The van der Waals surface area contributed by atoms with Gasteiger partial charge in [-0.25, -0.2) is 9.50 Å². The first kappa shape index (κ1) is 12.3. The van der Waals surface area contributed by atoms with Crippen molar-refractivity contribution in [1.29, 1.82) is 0 Å². The number of pyridine rings is 1. The minimum absolute atomic E-state index is 0.156. The van der Waals surface area contributed by atoms with Crippen LogP contribution < -0.4 is 5.56 Å². The molecule has 22 heavy (non-hydrogen) atoms. The fourth-order valence-electron chi connectivity index (χ4n) is 2.25. The van der Waals surface area contributed by atoms with Gasteiger partial charge in [0.15, 0.2) is 11.4 Å². The lowest BCUT2D eigenvalue weighted by Gasteiger charge is -2.01. The fourth-order valence-corrected chi connectivity index (χ4v) is 2.25. The van der Waals surface area contributed by atoms with Crippen LogP contribution in [-0.2, 0) is 0 Å². The zero-order valence-electron chi connectivity index (χ0n) is 11.0. The van der Waals surface area contributed by atoms with Crippen LogP contribution in [0, 0.1) is 0 Å². The molecule has 0 aliphatic carbocycles. The van der Waals surface area contributed by atoms with Crippen LogP contribution >= 0.6 is 0 Å². The number of ketones is 1. The van der Waals surface area contributed by atoms with Crippen LogP contribution in [0.5, 0.6) is 0 Å². The molecule has 0 saturated carbocycles. The number of hydrogen-bond donors (Lipinski definition) is 1. The van der Waals surface area contributed by atoms with E-state index in [9.17, 15) is 14.8 Å². The first-order valence-electron chi connectivity index (χ1n) is 6.33. The van der Waals surface area contributed by atoms with Gasteiger partial charge in [-0.05, 0) is 18.2 Å². The van der Waals surface area contributed by atoms with Crippen LogP contribution in [0.4, 0.5) is 0 Å². The van der Waals surface area contributed by atoms with Crippen LogP contribution in [-0.4, -0.2) is 30.3 Å². The topological polar surface area (TPSA) is 103 Å². The Morgan fingerprint density at radius 3 is 2.95 bits per heavy atom. The van der Waals surface area contributed by atoms with Crippen molar-refractivity contribution in [1.82, 2.24) is 19.3 Å². The molecule has 0 fully saturated rings. The molecule has 0 aliphatic rings. The second-order valence-corrected chi connectivity index (χ2v) is 4.63. The summed E-state index contributed by atoms with van der Waals surface area (Å²) in [5.41, 5.74) is 0.403. The normalized spacial score (nSPS) is 11.3. The van der Waals surface area contributed by atoms with Crippen LogP contribution in [0.2, 0.25) is 0 Å². The molecule has 0 saturated heterocycles. The van der Waals surface area contributed by atoms with Gasteiger partial charge in [-0.3, -0.25) is 9.59 Å². The Kier molecular flexibility index (Phi) is 2.40. The molecule has 0 amide bonds. The van der Waals surface area contributed by atoms with Gasteiger partial charge in [0.1, 0.15) is 5.69 Å². The van der Waals surface area contributed by atoms with Gasteiger partial charge in [-0.1, -0.05) is 0 Å². The Morgan fingerprint density at radius 2 is 2.18 bits per heavy atom. The summed E-state index contributed by atoms with van der Waals surface area (Å²) in [7, 11) is 0. The highest BCUT2D eigenvalue weighted by molar-refractivity contribution is 6.06. The number of nitrogens with zero attached hydrogens (tertiary/aromatic N) is 4. The molecule has 0 spiro atoms. The van der Waals surface area contributed by atoms with Crippen LogP contribution in [0.25, 0.3) is 16.6 Å². The van der Waals surface area contributed by atoms with Gasteiger partial charge in [0, 0.05) is 18.5 Å². The van der Waals surface area contributed by atoms with E-state index in [2.05, 4.69) is 10.1 Å². The molecular weight excluding hydrogens is 288 g/mol. The molecule has 0 aliphatic heterocycles. The molecule has 8 heteroatoms. The molecule has 4 heterocycles. The van der Waals surface area contributed by atoms with E-state index in [1.54, 1.807) is 12.1 Å². The van der Waals surface area contributed by atoms with Crippen molar-refractivity contribution in [2.45, 2.75) is 0 Å². The maximum Gasteiger partial charge on any atom is 0.293 e. The number of aromatic nitrogens is 4. The minimum Gasteiger partial charge on any atom is -0.461 e. The monoisotopic (exact) mass is 296 g/mol. The number of carbonyl (C=O) groups is 1. The SMILES string of the molecule is O=C(c1cc2ncc3c(=O)n(O)ccc3n2n1)c1ccco1. The van der Waals surface area contributed by atoms with Crippen molar-refractivity contribution in [3.05, 3.63) is 64.7 Å². The van der Waals surface area contributed by atoms with Gasteiger partial charge in [0.05, 0.1) is 17.2 Å². The largest absolute Gasteiger partial charge is 0.461 e. The van der Waals surface area contributed by atoms with Gasteiger partial charge in [0.2, 0.25) is 5.78 Å². The Labute approximate surface area is 121 Å². The molecule has 4 rings (SSSR count). The third-order valence-corrected chi connectivity index (χ3v) is 3.31. The van der Waals surface area contributed by atoms with E-state index in [-0.39, 0.29) is 22.6 Å². The molecule has 4 aromatic rings. The second kappa shape index (κ2) is 4.29. The summed E-state index contributed by atoms with van der Waals surface area (Å²) < 4.78 is 6.91. The lowest BCUT2D eigenvalue weighted by molar-refractivity contribution is 0.100. The van der Waals surface area contributed by atoms with E-state index in [1.165, 1.54) is 35.3 Å². The third kappa shape index (κ3) is 1.64. The van der Waals surface area contributed by atoms with Crippen molar-refractivity contribution in [3.63, 3.8) is 0 Å². The molecule has 0 atom stereocenters. The molecule has 0 aromatic carbocycles. The number of hydrogen-bond acceptors (Lipinski definition) is 6. The molecule has 0 unspecified atom stereocenters. The number of rotatable bonds is 2. The van der Waals surface area contributed by atoms with Crippen molar-refractivity contribution in [2.75, 3.05) is 0 Å². The molecule has 4 aromatic heterocycles. The molecule has 0 bridgehead atoms. The second-order valence-electron chi connectivity index (χ2n) is 4.63. The maximum absolute atomic E-state index is 12.2. The van der Waals surface area contributed by atoms with Crippen LogP contribution in [0.1, 0.15) is 16.2 Å². The molecule has 8 nitrogen and oxygen atoms in total. The van der Waals surface area contributed by atoms with Crippen LogP contribution in [0.3, 0.4) is 0 Å². The van der Waals surface area contributed by atoms with Crippen LogP contribution in [0.15, 0.2) is 52.1 Å². The average molecular weight is 296 g/mol. The smallest absolute Gasteiger partial charge is 0.293 e. The van der Waals surface area contributed by atoms with Crippen molar-refractivity contribution in [3.8, 4) is 0 Å². The number of furan rings is 1. The number of carbonyl (C=O) groups excluding carboxylic acids is 1. The van der Waals surface area contributed by atoms with E-state index in [0.29, 0.717) is 15.9 Å². The predicted octanol–water partition coefficient (Wildman–Crippen LogP) is 1.11. The van der Waals surface area contributed by atoms with E-state index in [1.807, 2.05) is 0 Å². The Balaban J connectivity index is 1.98. The van der Waals surface area contributed by atoms with Gasteiger partial charge in [-0.15, -0.1) is 0 Å². The fraction of sp³-hybridized carbons (Fsp3) is 0. The molecule has 0 radical (unpaired) electrons. The van der Waals surface area contributed by atoms with Crippen molar-refractivity contribution < 1.29 is 14.4 Å². The van der Waals surface area contributed by atoms with Gasteiger partial charge < -0.3 is 9.62 Å². The lowest BCUT2D eigenvalue weighted by Crippen LogP contribution is -2.17. The zero-order valence-corrected chi connectivity index (χ0v) is 11.0. The highest BCUT2D eigenvalue weighted by Gasteiger charge is 2.17. The summed E-state index contributed by atoms with van der Waals surface area (Å²) in [6.07, 6.45) is 3.95. The zero-order chi connectivity index (χ0) is 15.3. The highest BCUT2D eigenvalue weighted by atomic mass is 16.5.